The Bertz CT molecular complexity index is 190. The monoisotopic (exact) mass is 217 g/mol. The summed E-state index contributed by atoms with van der Waals surface area (Å²) in [6, 6.07) is 0. The second-order valence-electron chi connectivity index (χ2n) is 4.44. The number of aliphatic hydroxyl groups is 1. The highest BCUT2D eigenvalue weighted by Crippen LogP contribution is 2.38. The highest BCUT2D eigenvalue weighted by Gasteiger charge is 2.46. The quantitative estimate of drug-likeness (QED) is 0.686. The average Bonchev–Trinajstić information content (AvgIpc) is 2.13. The van der Waals surface area contributed by atoms with Crippen molar-refractivity contribution in [3.63, 3.8) is 0 Å². The van der Waals surface area contributed by atoms with Gasteiger partial charge in [-0.1, -0.05) is 0 Å². The molecule has 0 spiro atoms. The third kappa shape index (κ3) is 3.14. The van der Waals surface area contributed by atoms with Gasteiger partial charge in [-0.25, -0.2) is 0 Å². The molecule has 0 aromatic heterocycles. The van der Waals surface area contributed by atoms with Crippen LogP contribution >= 0.6 is 0 Å². The van der Waals surface area contributed by atoms with Crippen LogP contribution in [0.25, 0.3) is 0 Å². The predicted molar refractivity (Wildman–Crippen MR) is 58.7 cm³/mol. The van der Waals surface area contributed by atoms with E-state index in [4.69, 9.17) is 15.2 Å². The fraction of sp³-hybridized carbons (Fsp3) is 1.00. The number of rotatable bonds is 6. The summed E-state index contributed by atoms with van der Waals surface area (Å²) in [5.74, 6) is 0. The molecular weight excluding hydrogens is 194 g/mol. The van der Waals surface area contributed by atoms with Crippen molar-refractivity contribution in [1.82, 2.24) is 0 Å². The normalized spacial score (nSPS) is 34.6. The van der Waals surface area contributed by atoms with Gasteiger partial charge in [0.2, 0.25) is 0 Å². The van der Waals surface area contributed by atoms with Gasteiger partial charge in [-0.2, -0.15) is 0 Å². The summed E-state index contributed by atoms with van der Waals surface area (Å²) in [6.07, 6.45) is 1.33. The Balaban J connectivity index is 2.38. The van der Waals surface area contributed by atoms with Gasteiger partial charge in [0.05, 0.1) is 23.9 Å². The van der Waals surface area contributed by atoms with E-state index in [-0.39, 0.29) is 17.8 Å². The summed E-state index contributed by atoms with van der Waals surface area (Å²) in [5, 5.41) is 9.37. The Kier molecular flexibility index (Phi) is 4.52. The first-order valence-corrected chi connectivity index (χ1v) is 5.70. The predicted octanol–water partition coefficient (Wildman–Crippen LogP) is 0.669. The van der Waals surface area contributed by atoms with E-state index in [2.05, 4.69) is 0 Å². The first-order valence-electron chi connectivity index (χ1n) is 5.70. The Morgan fingerprint density at radius 3 is 2.47 bits per heavy atom. The van der Waals surface area contributed by atoms with Gasteiger partial charge >= 0.3 is 0 Å². The van der Waals surface area contributed by atoms with Crippen molar-refractivity contribution in [2.75, 3.05) is 13.2 Å². The molecule has 0 bridgehead atoms. The maximum atomic E-state index is 9.37. The van der Waals surface area contributed by atoms with Gasteiger partial charge in [-0.3, -0.25) is 0 Å². The smallest absolute Gasteiger partial charge is 0.0858 e. The number of ether oxygens (including phenoxy) is 2. The molecule has 15 heavy (non-hydrogen) atoms. The van der Waals surface area contributed by atoms with Gasteiger partial charge in [0.15, 0.2) is 0 Å². The van der Waals surface area contributed by atoms with E-state index in [1.54, 1.807) is 6.92 Å². The molecule has 2 unspecified atom stereocenters. The van der Waals surface area contributed by atoms with Crippen molar-refractivity contribution in [2.45, 2.75) is 57.5 Å². The zero-order valence-electron chi connectivity index (χ0n) is 9.90. The van der Waals surface area contributed by atoms with Crippen LogP contribution < -0.4 is 5.73 Å². The van der Waals surface area contributed by atoms with Gasteiger partial charge in [0.25, 0.3) is 0 Å². The summed E-state index contributed by atoms with van der Waals surface area (Å²) in [5.41, 5.74) is 5.45. The zero-order chi connectivity index (χ0) is 11.5. The van der Waals surface area contributed by atoms with Gasteiger partial charge in [0, 0.05) is 26.0 Å². The van der Waals surface area contributed by atoms with E-state index in [1.165, 1.54) is 0 Å². The van der Waals surface area contributed by atoms with Crippen LogP contribution in [-0.4, -0.2) is 42.2 Å². The largest absolute Gasteiger partial charge is 0.391 e. The molecule has 1 aliphatic carbocycles. The van der Waals surface area contributed by atoms with Crippen LogP contribution in [0.4, 0.5) is 0 Å². The first kappa shape index (κ1) is 12.9. The lowest BCUT2D eigenvalue weighted by molar-refractivity contribution is -0.201. The van der Waals surface area contributed by atoms with Crippen molar-refractivity contribution in [3.05, 3.63) is 0 Å². The molecule has 0 radical (unpaired) electrons. The van der Waals surface area contributed by atoms with Crippen molar-refractivity contribution in [2.24, 2.45) is 5.73 Å². The van der Waals surface area contributed by atoms with Crippen LogP contribution in [0.2, 0.25) is 0 Å². The van der Waals surface area contributed by atoms with Gasteiger partial charge in [0.1, 0.15) is 0 Å². The molecule has 0 aromatic carbocycles. The molecule has 4 nitrogen and oxygen atoms in total. The number of hydrogen-bond acceptors (Lipinski definition) is 4. The van der Waals surface area contributed by atoms with Gasteiger partial charge in [-0.15, -0.1) is 0 Å². The summed E-state index contributed by atoms with van der Waals surface area (Å²) in [7, 11) is 0. The summed E-state index contributed by atoms with van der Waals surface area (Å²) in [4.78, 5) is 0. The molecule has 4 heteroatoms. The topological polar surface area (TPSA) is 64.7 Å². The fourth-order valence-electron chi connectivity index (χ4n) is 1.93. The van der Waals surface area contributed by atoms with Crippen LogP contribution in [0.3, 0.4) is 0 Å². The highest BCUT2D eigenvalue weighted by molar-refractivity contribution is 4.98. The Morgan fingerprint density at radius 1 is 1.47 bits per heavy atom. The SMILES string of the molecule is CCOC1CC(CN)(OC(C)C(C)O)C1. The second kappa shape index (κ2) is 5.25. The molecule has 0 amide bonds. The molecule has 1 fully saturated rings. The van der Waals surface area contributed by atoms with E-state index < -0.39 is 6.10 Å². The molecule has 1 aliphatic rings. The van der Waals surface area contributed by atoms with Crippen molar-refractivity contribution >= 4 is 0 Å². The lowest BCUT2D eigenvalue weighted by atomic mass is 9.77. The Hall–Kier alpha value is -0.160. The minimum atomic E-state index is -0.459. The Morgan fingerprint density at radius 2 is 2.07 bits per heavy atom. The molecule has 3 N–H and O–H groups in total. The second-order valence-corrected chi connectivity index (χ2v) is 4.44. The molecule has 0 heterocycles. The van der Waals surface area contributed by atoms with E-state index >= 15 is 0 Å². The summed E-state index contributed by atoms with van der Waals surface area (Å²) >= 11 is 0. The molecule has 2 atom stereocenters. The molecular formula is C11H23NO3. The third-order valence-electron chi connectivity index (χ3n) is 3.09. The maximum absolute atomic E-state index is 9.37. The van der Waals surface area contributed by atoms with Gasteiger partial charge < -0.3 is 20.3 Å². The minimum Gasteiger partial charge on any atom is -0.391 e. The molecule has 0 aliphatic heterocycles. The van der Waals surface area contributed by atoms with E-state index in [0.717, 1.165) is 19.4 Å². The third-order valence-corrected chi connectivity index (χ3v) is 3.09. The fourth-order valence-corrected chi connectivity index (χ4v) is 1.93. The molecule has 0 aromatic rings. The lowest BCUT2D eigenvalue weighted by Gasteiger charge is -2.48. The number of aliphatic hydroxyl groups excluding tert-OH is 1. The molecule has 1 rings (SSSR count). The first-order chi connectivity index (χ1) is 7.03. The number of hydrogen-bond donors (Lipinski definition) is 2. The lowest BCUT2D eigenvalue weighted by Crippen LogP contribution is -2.57. The van der Waals surface area contributed by atoms with Crippen LogP contribution in [0.1, 0.15) is 33.6 Å². The molecule has 1 saturated carbocycles. The molecule has 0 saturated heterocycles. The van der Waals surface area contributed by atoms with Crippen molar-refractivity contribution < 1.29 is 14.6 Å². The van der Waals surface area contributed by atoms with E-state index in [0.29, 0.717) is 6.54 Å². The number of nitrogens with two attached hydrogens (primary N) is 1. The van der Waals surface area contributed by atoms with Crippen LogP contribution in [0, 0.1) is 0 Å². The maximum Gasteiger partial charge on any atom is 0.0858 e. The van der Waals surface area contributed by atoms with Crippen LogP contribution in [0.5, 0.6) is 0 Å². The summed E-state index contributed by atoms with van der Waals surface area (Å²) < 4.78 is 11.3. The van der Waals surface area contributed by atoms with Crippen molar-refractivity contribution in [1.29, 1.82) is 0 Å². The van der Waals surface area contributed by atoms with Crippen LogP contribution in [0.15, 0.2) is 0 Å². The van der Waals surface area contributed by atoms with Crippen LogP contribution in [-0.2, 0) is 9.47 Å². The van der Waals surface area contributed by atoms with E-state index in [1.807, 2.05) is 13.8 Å². The van der Waals surface area contributed by atoms with Gasteiger partial charge in [-0.05, 0) is 20.8 Å². The highest BCUT2D eigenvalue weighted by atomic mass is 16.5. The minimum absolute atomic E-state index is 0.170. The zero-order valence-corrected chi connectivity index (χ0v) is 9.90. The molecule has 90 valence electrons. The summed E-state index contributed by atoms with van der Waals surface area (Å²) in [6.45, 7) is 6.82. The average molecular weight is 217 g/mol. The van der Waals surface area contributed by atoms with Crippen molar-refractivity contribution in [3.8, 4) is 0 Å². The van der Waals surface area contributed by atoms with E-state index in [9.17, 15) is 5.11 Å². The standard InChI is InChI=1S/C11H23NO3/c1-4-14-10-5-11(6-10,7-12)15-9(3)8(2)13/h8-10,13H,4-7,12H2,1-3H3. The Labute approximate surface area is 91.7 Å².